The fourth-order valence-electron chi connectivity index (χ4n) is 2.76. The molecule has 0 aliphatic carbocycles. The van der Waals surface area contributed by atoms with Crippen LogP contribution in [0.2, 0.25) is 0 Å². The summed E-state index contributed by atoms with van der Waals surface area (Å²) in [5.41, 5.74) is 6.32. The Morgan fingerprint density at radius 2 is 1.73 bits per heavy atom. The lowest BCUT2D eigenvalue weighted by molar-refractivity contribution is 0.278. The van der Waals surface area contributed by atoms with Crippen LogP contribution in [0.5, 0.6) is 11.5 Å². The van der Waals surface area contributed by atoms with Gasteiger partial charge in [0.1, 0.15) is 0 Å². The van der Waals surface area contributed by atoms with Gasteiger partial charge in [-0.1, -0.05) is 0 Å². The maximum atomic E-state index is 12.9. The molecule has 0 spiro atoms. The highest BCUT2D eigenvalue weighted by Gasteiger charge is 2.31. The van der Waals surface area contributed by atoms with Crippen molar-refractivity contribution in [1.82, 2.24) is 4.31 Å². The van der Waals surface area contributed by atoms with Gasteiger partial charge in [-0.15, -0.1) is 0 Å². The van der Waals surface area contributed by atoms with Gasteiger partial charge in [-0.25, -0.2) is 8.42 Å². The van der Waals surface area contributed by atoms with E-state index in [2.05, 4.69) is 0 Å². The van der Waals surface area contributed by atoms with Gasteiger partial charge in [-0.3, -0.25) is 0 Å². The molecular formula is C15H24N2O4S. The number of nitrogens with zero attached hydrogens (tertiary/aromatic N) is 1. The summed E-state index contributed by atoms with van der Waals surface area (Å²) in [4.78, 5) is 0.274. The van der Waals surface area contributed by atoms with E-state index >= 15 is 0 Å². The van der Waals surface area contributed by atoms with Crippen LogP contribution in [0.15, 0.2) is 17.0 Å². The van der Waals surface area contributed by atoms with Crippen LogP contribution in [0.1, 0.15) is 18.4 Å². The second kappa shape index (κ2) is 6.85. The molecule has 1 aromatic carbocycles. The molecule has 0 saturated carbocycles. The van der Waals surface area contributed by atoms with Gasteiger partial charge < -0.3 is 15.2 Å². The Morgan fingerprint density at radius 1 is 1.18 bits per heavy atom. The average molecular weight is 328 g/mol. The number of methoxy groups -OCH3 is 2. The summed E-state index contributed by atoms with van der Waals surface area (Å²) in [5.74, 6) is 1.36. The van der Waals surface area contributed by atoms with E-state index in [4.69, 9.17) is 15.2 Å². The highest BCUT2D eigenvalue weighted by Crippen LogP contribution is 2.34. The summed E-state index contributed by atoms with van der Waals surface area (Å²) in [6.07, 6.45) is 1.62. The van der Waals surface area contributed by atoms with Crippen LogP contribution >= 0.6 is 0 Å². The molecule has 2 rings (SSSR count). The van der Waals surface area contributed by atoms with E-state index in [0.717, 1.165) is 12.8 Å². The highest BCUT2D eigenvalue weighted by molar-refractivity contribution is 7.89. The maximum absolute atomic E-state index is 12.9. The summed E-state index contributed by atoms with van der Waals surface area (Å²) in [7, 11) is -0.498. The molecule has 0 amide bonds. The van der Waals surface area contributed by atoms with Crippen LogP contribution in [0.4, 0.5) is 0 Å². The summed E-state index contributed by atoms with van der Waals surface area (Å²) < 4.78 is 37.7. The molecule has 1 aliphatic rings. The molecule has 22 heavy (non-hydrogen) atoms. The third-order valence-corrected chi connectivity index (χ3v) is 6.25. The third kappa shape index (κ3) is 3.21. The largest absolute Gasteiger partial charge is 0.493 e. The molecule has 0 bridgehead atoms. The smallest absolute Gasteiger partial charge is 0.243 e. The van der Waals surface area contributed by atoms with Gasteiger partial charge in [0.15, 0.2) is 11.5 Å². The topological polar surface area (TPSA) is 81.9 Å². The zero-order valence-electron chi connectivity index (χ0n) is 13.3. The SMILES string of the molecule is COc1cc(C)c(S(=O)(=O)N2CCC(CN)CC2)cc1OC. The molecule has 0 unspecified atom stereocenters. The Morgan fingerprint density at radius 3 is 2.23 bits per heavy atom. The first-order valence-electron chi connectivity index (χ1n) is 7.36. The number of piperidine rings is 1. The number of nitrogens with two attached hydrogens (primary N) is 1. The standard InChI is InChI=1S/C15H24N2O4S/c1-11-8-13(20-2)14(21-3)9-15(11)22(18,19)17-6-4-12(10-16)5-7-17/h8-9,12H,4-7,10,16H2,1-3H3. The molecule has 0 radical (unpaired) electrons. The van der Waals surface area contributed by atoms with Crippen LogP contribution in [0.25, 0.3) is 0 Å². The van der Waals surface area contributed by atoms with Gasteiger partial charge >= 0.3 is 0 Å². The highest BCUT2D eigenvalue weighted by atomic mass is 32.2. The number of hydrogen-bond donors (Lipinski definition) is 1. The van der Waals surface area contributed by atoms with Gasteiger partial charge in [0.25, 0.3) is 0 Å². The molecular weight excluding hydrogens is 304 g/mol. The van der Waals surface area contributed by atoms with Gasteiger partial charge in [-0.2, -0.15) is 4.31 Å². The second-order valence-corrected chi connectivity index (χ2v) is 7.46. The van der Waals surface area contributed by atoms with Crippen LogP contribution in [-0.4, -0.2) is 46.6 Å². The predicted molar refractivity (Wildman–Crippen MR) is 84.8 cm³/mol. The Labute approximate surface area is 132 Å². The van der Waals surface area contributed by atoms with E-state index in [0.29, 0.717) is 42.6 Å². The minimum Gasteiger partial charge on any atom is -0.493 e. The zero-order valence-corrected chi connectivity index (χ0v) is 14.1. The second-order valence-electron chi connectivity index (χ2n) is 5.56. The van der Waals surface area contributed by atoms with Crippen LogP contribution in [0.3, 0.4) is 0 Å². The number of rotatable bonds is 5. The van der Waals surface area contributed by atoms with Crippen LogP contribution < -0.4 is 15.2 Å². The summed E-state index contributed by atoms with van der Waals surface area (Å²) in [6.45, 7) is 3.40. The van der Waals surface area contributed by atoms with Crippen LogP contribution in [0, 0.1) is 12.8 Å². The van der Waals surface area contributed by atoms with Crippen molar-refractivity contribution in [2.45, 2.75) is 24.7 Å². The lowest BCUT2D eigenvalue weighted by Gasteiger charge is -2.31. The maximum Gasteiger partial charge on any atom is 0.243 e. The van der Waals surface area contributed by atoms with Crippen LogP contribution in [-0.2, 0) is 10.0 Å². The summed E-state index contributed by atoms with van der Waals surface area (Å²) in [5, 5.41) is 0. The van der Waals surface area contributed by atoms with E-state index in [-0.39, 0.29) is 4.90 Å². The summed E-state index contributed by atoms with van der Waals surface area (Å²) >= 11 is 0. The van der Waals surface area contributed by atoms with Gasteiger partial charge in [0.05, 0.1) is 19.1 Å². The van der Waals surface area contributed by atoms with E-state index in [1.165, 1.54) is 18.5 Å². The number of aryl methyl sites for hydroxylation is 1. The molecule has 124 valence electrons. The third-order valence-electron chi connectivity index (χ3n) is 4.21. The number of ether oxygens (including phenoxy) is 2. The minimum absolute atomic E-state index is 0.274. The van der Waals surface area contributed by atoms with Gasteiger partial charge in [-0.05, 0) is 43.9 Å². The number of benzene rings is 1. The molecule has 2 N–H and O–H groups in total. The van der Waals surface area contributed by atoms with Crippen molar-refractivity contribution < 1.29 is 17.9 Å². The predicted octanol–water partition coefficient (Wildman–Crippen LogP) is 1.37. The molecule has 6 nitrogen and oxygen atoms in total. The van der Waals surface area contributed by atoms with Crippen molar-refractivity contribution >= 4 is 10.0 Å². The first-order valence-corrected chi connectivity index (χ1v) is 8.80. The monoisotopic (exact) mass is 328 g/mol. The molecule has 7 heteroatoms. The Bertz CT molecular complexity index is 623. The lowest BCUT2D eigenvalue weighted by Crippen LogP contribution is -2.40. The van der Waals surface area contributed by atoms with Crippen molar-refractivity contribution in [2.24, 2.45) is 11.7 Å². The first-order chi connectivity index (χ1) is 10.4. The van der Waals surface area contributed by atoms with E-state index < -0.39 is 10.0 Å². The molecule has 1 saturated heterocycles. The van der Waals surface area contributed by atoms with Crippen molar-refractivity contribution in [3.63, 3.8) is 0 Å². The van der Waals surface area contributed by atoms with E-state index in [9.17, 15) is 8.42 Å². The normalized spacial score (nSPS) is 17.5. The van der Waals surface area contributed by atoms with Crippen molar-refractivity contribution in [3.8, 4) is 11.5 Å². The van der Waals surface area contributed by atoms with E-state index in [1.54, 1.807) is 19.1 Å². The minimum atomic E-state index is -3.52. The van der Waals surface area contributed by atoms with Crippen molar-refractivity contribution in [3.05, 3.63) is 17.7 Å². The molecule has 1 heterocycles. The van der Waals surface area contributed by atoms with Gasteiger partial charge in [0, 0.05) is 19.2 Å². The Kier molecular flexibility index (Phi) is 5.31. The molecule has 1 aliphatic heterocycles. The number of sulfonamides is 1. The Hall–Kier alpha value is -1.31. The van der Waals surface area contributed by atoms with Crippen molar-refractivity contribution in [1.29, 1.82) is 0 Å². The van der Waals surface area contributed by atoms with Gasteiger partial charge in [0.2, 0.25) is 10.0 Å². The average Bonchev–Trinajstić information content (AvgIpc) is 2.54. The van der Waals surface area contributed by atoms with E-state index in [1.807, 2.05) is 0 Å². The fraction of sp³-hybridized carbons (Fsp3) is 0.600. The lowest BCUT2D eigenvalue weighted by atomic mass is 9.99. The quantitative estimate of drug-likeness (QED) is 0.883. The number of hydrogen-bond acceptors (Lipinski definition) is 5. The molecule has 1 fully saturated rings. The molecule has 0 atom stereocenters. The molecule has 1 aromatic rings. The molecule has 0 aromatic heterocycles. The Balaban J connectivity index is 2.34. The zero-order chi connectivity index (χ0) is 16.3. The summed E-state index contributed by atoms with van der Waals surface area (Å²) in [6, 6.07) is 3.23. The first kappa shape index (κ1) is 17.1. The fourth-order valence-corrected chi connectivity index (χ4v) is 4.46. The van der Waals surface area contributed by atoms with Crippen molar-refractivity contribution in [2.75, 3.05) is 33.9 Å².